The van der Waals surface area contributed by atoms with Gasteiger partial charge < -0.3 is 0 Å². The van der Waals surface area contributed by atoms with Crippen molar-refractivity contribution < 1.29 is 9.18 Å². The third-order valence-electron chi connectivity index (χ3n) is 5.08. The quantitative estimate of drug-likeness (QED) is 0.801. The molecule has 0 radical (unpaired) electrons. The molecular formula is C20H19FO. The highest BCUT2D eigenvalue weighted by Crippen LogP contribution is 2.35. The number of Topliss-reactive ketones (excluding diaryl/α,β-unsaturated/α-hetero) is 1. The lowest BCUT2D eigenvalue weighted by molar-refractivity contribution is 0.0994. The standard InChI is InChI=1S/C20H19FO/c21-15-7-5-13(6-8-15)11-18-16-4-2-1-3-14(16)12-19-17(18)9-10-20(19)22/h5-8,12H,1-4,9-11H2. The number of aryl methyl sites for hydroxylation is 1. The molecule has 0 atom stereocenters. The number of ketones is 1. The lowest BCUT2D eigenvalue weighted by atomic mass is 9.82. The van der Waals surface area contributed by atoms with E-state index < -0.39 is 0 Å². The highest BCUT2D eigenvalue weighted by atomic mass is 19.1. The Kier molecular flexibility index (Phi) is 3.33. The monoisotopic (exact) mass is 294 g/mol. The average Bonchev–Trinajstić information content (AvgIpc) is 2.90. The molecule has 0 aliphatic heterocycles. The molecule has 0 heterocycles. The zero-order valence-electron chi connectivity index (χ0n) is 12.6. The normalized spacial score (nSPS) is 16.5. The number of hydrogen-bond acceptors (Lipinski definition) is 1. The molecule has 0 saturated carbocycles. The predicted molar refractivity (Wildman–Crippen MR) is 84.9 cm³/mol. The van der Waals surface area contributed by atoms with E-state index in [2.05, 4.69) is 6.07 Å². The molecule has 0 amide bonds. The van der Waals surface area contributed by atoms with Gasteiger partial charge in [-0.1, -0.05) is 12.1 Å². The molecule has 2 aliphatic carbocycles. The molecule has 0 N–H and O–H groups in total. The van der Waals surface area contributed by atoms with Crippen molar-refractivity contribution in [2.75, 3.05) is 0 Å². The molecule has 0 spiro atoms. The van der Waals surface area contributed by atoms with Gasteiger partial charge in [0.15, 0.2) is 5.78 Å². The Bertz CT molecular complexity index is 743. The molecule has 22 heavy (non-hydrogen) atoms. The number of rotatable bonds is 2. The Balaban J connectivity index is 1.83. The van der Waals surface area contributed by atoms with Crippen molar-refractivity contribution in [2.45, 2.75) is 44.9 Å². The van der Waals surface area contributed by atoms with Crippen LogP contribution >= 0.6 is 0 Å². The molecule has 2 aromatic rings. The fourth-order valence-electron chi connectivity index (χ4n) is 3.97. The summed E-state index contributed by atoms with van der Waals surface area (Å²) in [5.74, 6) is 0.1000. The minimum atomic E-state index is -0.195. The molecule has 112 valence electrons. The van der Waals surface area contributed by atoms with Crippen LogP contribution in [0.4, 0.5) is 4.39 Å². The second-order valence-electron chi connectivity index (χ2n) is 6.45. The van der Waals surface area contributed by atoms with Gasteiger partial charge in [-0.25, -0.2) is 4.39 Å². The summed E-state index contributed by atoms with van der Waals surface area (Å²) < 4.78 is 13.1. The summed E-state index contributed by atoms with van der Waals surface area (Å²) in [6.07, 6.45) is 7.00. The van der Waals surface area contributed by atoms with Gasteiger partial charge in [0.1, 0.15) is 5.82 Å². The summed E-state index contributed by atoms with van der Waals surface area (Å²) >= 11 is 0. The Morgan fingerprint density at radius 2 is 1.68 bits per heavy atom. The van der Waals surface area contributed by atoms with Gasteiger partial charge in [0.2, 0.25) is 0 Å². The molecule has 2 heteroatoms. The molecule has 1 nitrogen and oxygen atoms in total. The fraction of sp³-hybridized carbons (Fsp3) is 0.350. The number of hydrogen-bond donors (Lipinski definition) is 0. The van der Waals surface area contributed by atoms with Crippen LogP contribution in [-0.2, 0) is 25.7 Å². The second kappa shape index (κ2) is 5.35. The number of carbonyl (C=O) groups excluding carboxylic acids is 1. The van der Waals surface area contributed by atoms with Crippen LogP contribution in [0.25, 0.3) is 0 Å². The van der Waals surface area contributed by atoms with Crippen LogP contribution < -0.4 is 0 Å². The second-order valence-corrected chi connectivity index (χ2v) is 6.45. The number of carbonyl (C=O) groups is 1. The third-order valence-corrected chi connectivity index (χ3v) is 5.08. The van der Waals surface area contributed by atoms with E-state index in [0.717, 1.165) is 36.8 Å². The van der Waals surface area contributed by atoms with Gasteiger partial charge in [-0.15, -0.1) is 0 Å². The molecule has 4 rings (SSSR count). The van der Waals surface area contributed by atoms with E-state index in [1.165, 1.54) is 47.2 Å². The van der Waals surface area contributed by atoms with Crippen molar-refractivity contribution in [2.24, 2.45) is 0 Å². The Morgan fingerprint density at radius 1 is 0.909 bits per heavy atom. The maximum Gasteiger partial charge on any atom is 0.163 e. The molecule has 0 bridgehead atoms. The maximum absolute atomic E-state index is 13.1. The van der Waals surface area contributed by atoms with E-state index in [9.17, 15) is 9.18 Å². The van der Waals surface area contributed by atoms with Gasteiger partial charge in [0.25, 0.3) is 0 Å². The van der Waals surface area contributed by atoms with E-state index in [1.54, 1.807) is 0 Å². The Hall–Kier alpha value is -1.96. The minimum absolute atomic E-state index is 0.195. The summed E-state index contributed by atoms with van der Waals surface area (Å²) in [5.41, 5.74) is 7.53. The topological polar surface area (TPSA) is 17.1 Å². The zero-order valence-corrected chi connectivity index (χ0v) is 12.6. The molecule has 2 aliphatic rings. The largest absolute Gasteiger partial charge is 0.294 e. The van der Waals surface area contributed by atoms with E-state index in [-0.39, 0.29) is 5.82 Å². The molecule has 0 aromatic heterocycles. The van der Waals surface area contributed by atoms with Crippen LogP contribution in [0, 0.1) is 5.82 Å². The van der Waals surface area contributed by atoms with Gasteiger partial charge in [-0.3, -0.25) is 4.79 Å². The smallest absolute Gasteiger partial charge is 0.163 e. The van der Waals surface area contributed by atoms with Gasteiger partial charge in [0, 0.05) is 12.0 Å². The molecular weight excluding hydrogens is 275 g/mol. The highest BCUT2D eigenvalue weighted by Gasteiger charge is 2.27. The van der Waals surface area contributed by atoms with Crippen LogP contribution in [0.5, 0.6) is 0 Å². The van der Waals surface area contributed by atoms with Crippen molar-refractivity contribution in [3.63, 3.8) is 0 Å². The summed E-state index contributed by atoms with van der Waals surface area (Å²) in [4.78, 5) is 12.2. The first-order valence-corrected chi connectivity index (χ1v) is 8.16. The molecule has 0 saturated heterocycles. The lowest BCUT2D eigenvalue weighted by Gasteiger charge is -2.23. The van der Waals surface area contributed by atoms with Crippen LogP contribution in [0.3, 0.4) is 0 Å². The fourth-order valence-corrected chi connectivity index (χ4v) is 3.97. The van der Waals surface area contributed by atoms with Crippen molar-refractivity contribution in [1.29, 1.82) is 0 Å². The predicted octanol–water partition coefficient (Wildman–Crippen LogP) is 4.42. The van der Waals surface area contributed by atoms with Crippen LogP contribution in [0.15, 0.2) is 30.3 Å². The summed E-state index contributed by atoms with van der Waals surface area (Å²) in [5, 5.41) is 0. The highest BCUT2D eigenvalue weighted by molar-refractivity contribution is 6.01. The molecule has 0 unspecified atom stereocenters. The number of benzene rings is 2. The SMILES string of the molecule is O=C1CCc2c1cc1c(c2Cc2ccc(F)cc2)CCCC1. The van der Waals surface area contributed by atoms with Gasteiger partial charge in [-0.05, 0) is 84.5 Å². The number of halogens is 1. The van der Waals surface area contributed by atoms with Gasteiger partial charge in [-0.2, -0.15) is 0 Å². The first-order chi connectivity index (χ1) is 10.7. The van der Waals surface area contributed by atoms with Gasteiger partial charge in [0.05, 0.1) is 0 Å². The lowest BCUT2D eigenvalue weighted by Crippen LogP contribution is -2.11. The zero-order chi connectivity index (χ0) is 15.1. The minimum Gasteiger partial charge on any atom is -0.294 e. The summed E-state index contributed by atoms with van der Waals surface area (Å²) in [6.45, 7) is 0. The van der Waals surface area contributed by atoms with Crippen LogP contribution in [0.1, 0.15) is 57.4 Å². The van der Waals surface area contributed by atoms with Crippen molar-refractivity contribution >= 4 is 5.78 Å². The average molecular weight is 294 g/mol. The number of fused-ring (bicyclic) bond motifs is 2. The Labute approximate surface area is 130 Å². The first kappa shape index (κ1) is 13.7. The van der Waals surface area contributed by atoms with Crippen molar-refractivity contribution in [3.05, 3.63) is 69.5 Å². The van der Waals surface area contributed by atoms with E-state index in [1.807, 2.05) is 12.1 Å². The van der Waals surface area contributed by atoms with Crippen LogP contribution in [0.2, 0.25) is 0 Å². The van der Waals surface area contributed by atoms with Crippen molar-refractivity contribution in [1.82, 2.24) is 0 Å². The third kappa shape index (κ3) is 2.27. The molecule has 0 fully saturated rings. The first-order valence-electron chi connectivity index (χ1n) is 8.16. The van der Waals surface area contributed by atoms with E-state index in [4.69, 9.17) is 0 Å². The van der Waals surface area contributed by atoms with Gasteiger partial charge >= 0.3 is 0 Å². The Morgan fingerprint density at radius 3 is 2.50 bits per heavy atom. The van der Waals surface area contributed by atoms with E-state index in [0.29, 0.717) is 12.2 Å². The van der Waals surface area contributed by atoms with E-state index >= 15 is 0 Å². The van der Waals surface area contributed by atoms with Crippen LogP contribution in [-0.4, -0.2) is 5.78 Å². The summed E-state index contributed by atoms with van der Waals surface area (Å²) in [7, 11) is 0. The maximum atomic E-state index is 13.1. The van der Waals surface area contributed by atoms with Crippen molar-refractivity contribution in [3.8, 4) is 0 Å². The molecule has 2 aromatic carbocycles. The summed E-state index contributed by atoms with van der Waals surface area (Å²) in [6, 6.07) is 8.93.